The van der Waals surface area contributed by atoms with E-state index in [0.717, 1.165) is 108 Å². The molecular formula is C104H103N13O8S. The van der Waals surface area contributed by atoms with Crippen LogP contribution in [0.1, 0.15) is 160 Å². The van der Waals surface area contributed by atoms with Gasteiger partial charge in [-0.05, 0) is 141 Å². The molecular weight excluding hydrogens is 1590 g/mol. The minimum atomic E-state index is -0.511. The number of pyridine rings is 4. The van der Waals surface area contributed by atoms with Crippen molar-refractivity contribution in [2.24, 2.45) is 0 Å². The van der Waals surface area contributed by atoms with Gasteiger partial charge >= 0.3 is 6.09 Å². The molecule has 126 heavy (non-hydrogen) atoms. The van der Waals surface area contributed by atoms with Crippen LogP contribution in [0.5, 0.6) is 0 Å². The number of para-hydroxylation sites is 3. The second kappa shape index (κ2) is 49.3. The summed E-state index contributed by atoms with van der Waals surface area (Å²) in [6.45, 7) is 7.13. The van der Waals surface area contributed by atoms with Crippen molar-refractivity contribution < 1.29 is 38.3 Å². The molecule has 0 radical (unpaired) electrons. The summed E-state index contributed by atoms with van der Waals surface area (Å²) in [7, 11) is 1.64. The summed E-state index contributed by atoms with van der Waals surface area (Å²) >= 11 is 1.45. The second-order valence-electron chi connectivity index (χ2n) is 29.7. The van der Waals surface area contributed by atoms with Gasteiger partial charge < -0.3 is 42.8 Å². The average Bonchev–Trinajstić information content (AvgIpc) is 1.71. The maximum Gasteiger partial charge on any atom is 0.407 e. The first kappa shape index (κ1) is 91.9. The van der Waals surface area contributed by atoms with Crippen LogP contribution in [0.15, 0.2) is 322 Å². The molecule has 6 heterocycles. The number of ether oxygens (including phenoxy) is 1. The van der Waals surface area contributed by atoms with Crippen molar-refractivity contribution in [1.29, 1.82) is 0 Å². The molecule has 15 aromatic rings. The zero-order valence-electron chi connectivity index (χ0n) is 70.9. The molecule has 0 atom stereocenters. The van der Waals surface area contributed by atoms with Gasteiger partial charge in [0.25, 0.3) is 11.8 Å². The number of anilines is 3. The number of thiophene rings is 1. The lowest BCUT2D eigenvalue weighted by Gasteiger charge is -2.08. The number of hydrogen-bond donors (Lipinski definition) is 7. The van der Waals surface area contributed by atoms with Crippen LogP contribution in [0.2, 0.25) is 0 Å². The van der Waals surface area contributed by atoms with Crippen LogP contribution in [0.4, 0.5) is 22.1 Å². The maximum atomic E-state index is 12.5. The van der Waals surface area contributed by atoms with Crippen LogP contribution in [0.25, 0.3) is 43.5 Å². The largest absolute Gasteiger partial charge is 0.445 e. The molecule has 0 unspecified atom stereocenters. The lowest BCUT2D eigenvalue weighted by molar-refractivity contribution is -0.118. The standard InChI is InChI=1S/C24H21N5O.C22H21N3O3.C21H19NO2.C19H19N3OS.C18H23NO/c25-21-6-2-1-4-19(21)14-23(30)18-9-7-17(8-10-18)15-28-24-27-13-11-22(29-24)20-5-3-12-26-16-20;23-20-6-2-1-5-19(20)12-21(26)18-9-7-16(8-10-18)14-25-22(27)28-15-17-4-3-11-24-13-17;1-2-20(23)17-9-7-15(8-10-17)14-22-21(24)19-12-11-16-5-3-4-6-18(16)13-19;1-20-19(23)18-10-9-17(24-18)16-8-7-15(13-22-16)12-21-11-14-5-3-2-4-6-14;1-2-3-4-5-6-10-17(20)13-15-12-16-9-7-8-11-18(16)19-14-15/h1-13,16H,14-15,25H2,(H,27,28,29);1-11,13H,12,14-15,23H2,(H,25,27);3-13H,2,14H2,1H3,(H,22,24);2-10,13,21H,11-12H2,1H3,(H,20,23);7-9,11-12,14H,2-6,10,13H2,1H3. The zero-order chi connectivity index (χ0) is 88.5. The number of unbranched alkanes of at least 4 members (excludes halogenated alkanes) is 4. The van der Waals surface area contributed by atoms with Gasteiger partial charge in [-0.1, -0.05) is 240 Å². The van der Waals surface area contributed by atoms with Gasteiger partial charge in [0.1, 0.15) is 12.4 Å². The molecule has 9 aromatic carbocycles. The molecule has 0 saturated carbocycles. The van der Waals surface area contributed by atoms with Crippen LogP contribution < -0.4 is 38.1 Å². The molecule has 0 aliphatic heterocycles. The first-order valence-electron chi connectivity index (χ1n) is 42.0. The third kappa shape index (κ3) is 29.7. The number of nitrogen functional groups attached to an aromatic ring is 2. The third-order valence-corrected chi connectivity index (χ3v) is 21.4. The van der Waals surface area contributed by atoms with E-state index < -0.39 is 6.09 Å². The number of amides is 3. The van der Waals surface area contributed by atoms with Crippen molar-refractivity contribution in [2.75, 3.05) is 23.8 Å². The van der Waals surface area contributed by atoms with Gasteiger partial charge in [-0.25, -0.2) is 14.8 Å². The number of nitrogens with zero attached hydrogens (tertiary/aromatic N) is 6. The summed E-state index contributed by atoms with van der Waals surface area (Å²) in [5, 5.41) is 18.1. The quantitative estimate of drug-likeness (QED) is 0.0114. The van der Waals surface area contributed by atoms with Crippen molar-refractivity contribution in [3.05, 3.63) is 400 Å². The Morgan fingerprint density at radius 2 is 0.968 bits per heavy atom. The lowest BCUT2D eigenvalue weighted by atomic mass is 10.0. The SMILES string of the molecule is CCC(=O)c1ccc(CNC(=O)c2ccc3ccccc3c2)cc1.CCCCCCCC(=O)Cc1cnc2ccccc2c1.CNC(=O)c1ccc(-c2ccc(CNCc3ccccc3)cn2)s1.Nc1ccccc1CC(=O)c1ccc(CNC(=O)OCc2cccnc2)cc1.Nc1ccccc1CC(=O)c1ccc(CNc2nccc(-c3cccnc3)n2)cc1. The molecule has 0 fully saturated rings. The van der Waals surface area contributed by atoms with E-state index in [0.29, 0.717) is 95.6 Å². The van der Waals surface area contributed by atoms with Crippen LogP contribution >= 0.6 is 11.3 Å². The number of carbonyl (C=O) groups is 7. The molecule has 0 saturated heterocycles. The average molecular weight is 1700 g/mol. The molecule has 15 rings (SSSR count). The van der Waals surface area contributed by atoms with Gasteiger partial charge in [-0.3, -0.25) is 48.7 Å². The highest BCUT2D eigenvalue weighted by atomic mass is 32.1. The monoisotopic (exact) mass is 1690 g/mol. The van der Waals surface area contributed by atoms with Crippen LogP contribution in [-0.2, 0) is 68.1 Å². The number of hydrogen-bond acceptors (Lipinski definition) is 19. The Kier molecular flexibility index (Phi) is 35.9. The Balaban J connectivity index is 0.000000154. The number of benzene rings is 9. The van der Waals surface area contributed by atoms with E-state index in [1.807, 2.05) is 250 Å². The lowest BCUT2D eigenvalue weighted by Crippen LogP contribution is -2.23. The molecule has 22 heteroatoms. The molecule has 21 nitrogen and oxygen atoms in total. The van der Waals surface area contributed by atoms with Crippen LogP contribution in [0.3, 0.4) is 0 Å². The van der Waals surface area contributed by atoms with E-state index in [1.54, 1.807) is 62.3 Å². The fourth-order valence-electron chi connectivity index (χ4n) is 13.1. The van der Waals surface area contributed by atoms with E-state index >= 15 is 0 Å². The van der Waals surface area contributed by atoms with Crippen molar-refractivity contribution in [3.63, 3.8) is 0 Å². The van der Waals surface area contributed by atoms with Gasteiger partial charge in [0.15, 0.2) is 17.3 Å². The van der Waals surface area contributed by atoms with Crippen LogP contribution in [-0.4, -0.2) is 78.0 Å². The van der Waals surface area contributed by atoms with Crippen molar-refractivity contribution in [1.82, 2.24) is 51.2 Å². The smallest absolute Gasteiger partial charge is 0.407 e. The summed E-state index contributed by atoms with van der Waals surface area (Å²) < 4.78 is 5.13. The van der Waals surface area contributed by atoms with Crippen molar-refractivity contribution >= 4 is 91.4 Å². The number of rotatable bonds is 33. The number of nitrogens with two attached hydrogens (primary N) is 2. The van der Waals surface area contributed by atoms with Gasteiger partial charge in [-0.15, -0.1) is 11.3 Å². The third-order valence-electron chi connectivity index (χ3n) is 20.3. The predicted octanol–water partition coefficient (Wildman–Crippen LogP) is 20.2. The number of Topliss-reactive ketones (excluding diaryl/α,β-unsaturated/α-hetero) is 4. The van der Waals surface area contributed by atoms with Crippen molar-refractivity contribution in [3.8, 4) is 21.8 Å². The number of alkyl carbamates (subject to hydrolysis) is 1. The fourth-order valence-corrected chi connectivity index (χ4v) is 14.1. The molecule has 6 aromatic heterocycles. The normalized spacial score (nSPS) is 10.5. The number of carbonyl (C=O) groups excluding carboxylic acids is 7. The zero-order valence-corrected chi connectivity index (χ0v) is 71.7. The number of fused-ring (bicyclic) bond motifs is 2. The summed E-state index contributed by atoms with van der Waals surface area (Å²) in [6, 6.07) is 88.0. The highest BCUT2D eigenvalue weighted by molar-refractivity contribution is 7.17. The van der Waals surface area contributed by atoms with Gasteiger partial charge in [0, 0.05) is 165 Å². The van der Waals surface area contributed by atoms with Gasteiger partial charge in [-0.2, -0.15) is 0 Å². The minimum absolute atomic E-state index is 0.00621. The Bertz CT molecular complexity index is 6030. The van der Waals surface area contributed by atoms with Crippen LogP contribution in [0, 0.1) is 0 Å². The summed E-state index contributed by atoms with van der Waals surface area (Å²) in [4.78, 5) is 112. The molecule has 638 valence electrons. The topological polar surface area (TPSA) is 318 Å². The van der Waals surface area contributed by atoms with E-state index in [1.165, 1.54) is 42.6 Å². The molecule has 0 spiro atoms. The molecule has 0 bridgehead atoms. The Hall–Kier alpha value is -14.9. The maximum absolute atomic E-state index is 12.5. The van der Waals surface area contributed by atoms with E-state index in [4.69, 9.17) is 16.2 Å². The Labute approximate surface area is 739 Å². The Morgan fingerprint density at radius 1 is 0.405 bits per heavy atom. The highest BCUT2D eigenvalue weighted by Crippen LogP contribution is 2.28. The van der Waals surface area contributed by atoms with E-state index in [-0.39, 0.29) is 42.2 Å². The summed E-state index contributed by atoms with van der Waals surface area (Å²) in [5.41, 5.74) is 28.1. The number of aromatic nitrogens is 6. The minimum Gasteiger partial charge on any atom is -0.445 e. The molecule has 9 N–H and O–H groups in total. The molecule has 0 aliphatic carbocycles. The number of ketones is 4. The van der Waals surface area contributed by atoms with Gasteiger partial charge in [0.2, 0.25) is 5.95 Å². The Morgan fingerprint density at radius 3 is 1.60 bits per heavy atom. The summed E-state index contributed by atoms with van der Waals surface area (Å²) in [6.07, 6.45) is 20.0. The first-order chi connectivity index (χ1) is 61.5. The molecule has 3 amide bonds. The number of nitrogens with one attached hydrogen (secondary N) is 5. The second-order valence-corrected chi connectivity index (χ2v) is 30.7. The van der Waals surface area contributed by atoms with E-state index in [2.05, 4.69) is 87.7 Å². The van der Waals surface area contributed by atoms with Crippen molar-refractivity contribution in [2.45, 2.75) is 117 Å². The fraction of sp³-hybridized carbons (Fsp3) is 0.183. The van der Waals surface area contributed by atoms with E-state index in [9.17, 15) is 33.6 Å². The first-order valence-corrected chi connectivity index (χ1v) is 42.8. The highest BCUT2D eigenvalue weighted by Gasteiger charge is 2.16. The summed E-state index contributed by atoms with van der Waals surface area (Å²) in [5.74, 6) is 0.868. The van der Waals surface area contributed by atoms with Gasteiger partial charge in [0.05, 0.1) is 26.7 Å². The predicted molar refractivity (Wildman–Crippen MR) is 502 cm³/mol. The molecule has 0 aliphatic rings.